The van der Waals surface area contributed by atoms with Gasteiger partial charge in [-0.3, -0.25) is 0 Å². The number of rotatable bonds is 4. The van der Waals surface area contributed by atoms with Crippen molar-refractivity contribution in [3.8, 4) is 5.75 Å². The van der Waals surface area contributed by atoms with Gasteiger partial charge in [-0.05, 0) is 25.1 Å². The van der Waals surface area contributed by atoms with Crippen LogP contribution in [0, 0.1) is 0 Å². The van der Waals surface area contributed by atoms with E-state index in [0.717, 1.165) is 25.8 Å². The Morgan fingerprint density at radius 1 is 1.16 bits per heavy atom. The van der Waals surface area contributed by atoms with E-state index in [9.17, 15) is 0 Å². The van der Waals surface area contributed by atoms with Gasteiger partial charge >= 0.3 is 0 Å². The Hall–Kier alpha value is -0.840. The first-order valence-corrected chi connectivity index (χ1v) is 7.58. The lowest BCUT2D eigenvalue weighted by atomic mass is 10.1. The van der Waals surface area contributed by atoms with Crippen molar-refractivity contribution in [2.75, 3.05) is 0 Å². The predicted octanol–water partition coefficient (Wildman–Crippen LogP) is 4.81. The van der Waals surface area contributed by atoms with E-state index in [2.05, 4.69) is 31.9 Å². The van der Waals surface area contributed by atoms with Gasteiger partial charge in [0.2, 0.25) is 0 Å². The summed E-state index contributed by atoms with van der Waals surface area (Å²) >= 11 is 6.97. The lowest BCUT2D eigenvalue weighted by Gasteiger charge is -2.15. The van der Waals surface area contributed by atoms with Crippen molar-refractivity contribution in [1.29, 1.82) is 0 Å². The van der Waals surface area contributed by atoms with Crippen LogP contribution in [-0.2, 0) is 6.61 Å². The molecule has 0 aliphatic heterocycles. The molecule has 0 unspecified atom stereocenters. The molecule has 0 amide bonds. The Balaban J connectivity index is 2.19. The van der Waals surface area contributed by atoms with Crippen molar-refractivity contribution in [3.05, 3.63) is 62.5 Å². The van der Waals surface area contributed by atoms with Gasteiger partial charge in [0.25, 0.3) is 0 Å². The molecule has 0 aliphatic rings. The van der Waals surface area contributed by atoms with E-state index in [1.807, 2.05) is 49.4 Å². The summed E-state index contributed by atoms with van der Waals surface area (Å²) in [6.45, 7) is 2.46. The van der Waals surface area contributed by atoms with Crippen molar-refractivity contribution in [2.45, 2.75) is 19.6 Å². The van der Waals surface area contributed by atoms with E-state index in [0.29, 0.717) is 6.61 Å². The van der Waals surface area contributed by atoms with Crippen LogP contribution in [0.3, 0.4) is 0 Å². The monoisotopic (exact) mass is 383 g/mol. The second-order valence-electron chi connectivity index (χ2n) is 4.35. The minimum Gasteiger partial charge on any atom is -0.488 e. The Morgan fingerprint density at radius 2 is 1.89 bits per heavy atom. The van der Waals surface area contributed by atoms with E-state index in [1.165, 1.54) is 0 Å². The standard InChI is InChI=1S/C15H15Br2NO/c1-10(18)13-7-6-12(16)8-15(13)19-9-11-4-2-3-5-14(11)17/h2-8,10H,9,18H2,1H3/t10-/m0/s1. The lowest BCUT2D eigenvalue weighted by Crippen LogP contribution is -2.08. The zero-order valence-corrected chi connectivity index (χ0v) is 13.7. The summed E-state index contributed by atoms with van der Waals surface area (Å²) in [6, 6.07) is 13.9. The number of halogens is 2. The summed E-state index contributed by atoms with van der Waals surface area (Å²) in [5, 5.41) is 0. The SMILES string of the molecule is C[C@H](N)c1ccc(Br)cc1OCc1ccccc1Br. The molecule has 2 nitrogen and oxygen atoms in total. The average Bonchev–Trinajstić information content (AvgIpc) is 2.37. The second-order valence-corrected chi connectivity index (χ2v) is 6.12. The Kier molecular flexibility index (Phi) is 5.02. The van der Waals surface area contributed by atoms with Crippen molar-refractivity contribution in [2.24, 2.45) is 5.73 Å². The summed E-state index contributed by atoms with van der Waals surface area (Å²) in [6.07, 6.45) is 0. The van der Waals surface area contributed by atoms with E-state index in [-0.39, 0.29) is 6.04 Å². The number of benzene rings is 2. The molecule has 2 aromatic rings. The van der Waals surface area contributed by atoms with Gasteiger partial charge in [0, 0.05) is 26.1 Å². The third-order valence-electron chi connectivity index (χ3n) is 2.81. The molecule has 0 fully saturated rings. The zero-order valence-electron chi connectivity index (χ0n) is 10.6. The molecule has 19 heavy (non-hydrogen) atoms. The highest BCUT2D eigenvalue weighted by Gasteiger charge is 2.09. The summed E-state index contributed by atoms with van der Waals surface area (Å²) in [5.74, 6) is 0.820. The third kappa shape index (κ3) is 3.81. The molecule has 4 heteroatoms. The molecular formula is C15H15Br2NO. The van der Waals surface area contributed by atoms with Crippen LogP contribution in [0.2, 0.25) is 0 Å². The Bertz CT molecular complexity index is 570. The average molecular weight is 385 g/mol. The van der Waals surface area contributed by atoms with Gasteiger partial charge in [-0.25, -0.2) is 0 Å². The van der Waals surface area contributed by atoms with Gasteiger partial charge < -0.3 is 10.5 Å². The summed E-state index contributed by atoms with van der Waals surface area (Å²) in [7, 11) is 0. The van der Waals surface area contributed by atoms with Gasteiger partial charge in [0.1, 0.15) is 12.4 Å². The summed E-state index contributed by atoms with van der Waals surface area (Å²) in [5.41, 5.74) is 8.08. The van der Waals surface area contributed by atoms with Crippen molar-refractivity contribution in [1.82, 2.24) is 0 Å². The van der Waals surface area contributed by atoms with E-state index < -0.39 is 0 Å². The van der Waals surface area contributed by atoms with E-state index in [4.69, 9.17) is 10.5 Å². The molecule has 0 aromatic heterocycles. The van der Waals surface area contributed by atoms with E-state index in [1.54, 1.807) is 0 Å². The summed E-state index contributed by atoms with van der Waals surface area (Å²) in [4.78, 5) is 0. The van der Waals surface area contributed by atoms with Crippen LogP contribution in [0.25, 0.3) is 0 Å². The van der Waals surface area contributed by atoms with Crippen LogP contribution < -0.4 is 10.5 Å². The first kappa shape index (κ1) is 14.6. The highest BCUT2D eigenvalue weighted by Crippen LogP contribution is 2.29. The minimum atomic E-state index is -0.0534. The van der Waals surface area contributed by atoms with E-state index >= 15 is 0 Å². The molecule has 0 saturated carbocycles. The molecule has 0 heterocycles. The van der Waals surface area contributed by atoms with Gasteiger partial charge in [-0.15, -0.1) is 0 Å². The normalized spacial score (nSPS) is 12.2. The van der Waals surface area contributed by atoms with Crippen LogP contribution in [0.5, 0.6) is 5.75 Å². The van der Waals surface area contributed by atoms with Gasteiger partial charge in [0.05, 0.1) is 0 Å². The molecule has 100 valence electrons. The maximum atomic E-state index is 5.96. The predicted molar refractivity (Wildman–Crippen MR) is 85.2 cm³/mol. The van der Waals surface area contributed by atoms with Crippen LogP contribution in [0.4, 0.5) is 0 Å². The molecule has 0 saturated heterocycles. The molecule has 0 bridgehead atoms. The fourth-order valence-electron chi connectivity index (χ4n) is 1.78. The lowest BCUT2D eigenvalue weighted by molar-refractivity contribution is 0.300. The molecule has 2 N–H and O–H groups in total. The Labute approximate surface area is 130 Å². The van der Waals surface area contributed by atoms with Gasteiger partial charge in [-0.2, -0.15) is 0 Å². The Morgan fingerprint density at radius 3 is 2.58 bits per heavy atom. The quantitative estimate of drug-likeness (QED) is 0.820. The highest BCUT2D eigenvalue weighted by molar-refractivity contribution is 9.10. The topological polar surface area (TPSA) is 35.2 Å². The largest absolute Gasteiger partial charge is 0.488 e. The number of hydrogen-bond acceptors (Lipinski definition) is 2. The fourth-order valence-corrected chi connectivity index (χ4v) is 2.52. The minimum absolute atomic E-state index is 0.0534. The van der Waals surface area contributed by atoms with Gasteiger partial charge in [0.15, 0.2) is 0 Å². The maximum Gasteiger partial charge on any atom is 0.125 e. The molecule has 2 rings (SSSR count). The van der Waals surface area contributed by atoms with Crippen molar-refractivity contribution >= 4 is 31.9 Å². The summed E-state index contributed by atoms with van der Waals surface area (Å²) < 4.78 is 7.94. The van der Waals surface area contributed by atoms with Crippen LogP contribution in [0.1, 0.15) is 24.1 Å². The molecule has 1 atom stereocenters. The van der Waals surface area contributed by atoms with Crippen LogP contribution in [-0.4, -0.2) is 0 Å². The second kappa shape index (κ2) is 6.55. The molecule has 2 aromatic carbocycles. The van der Waals surface area contributed by atoms with Gasteiger partial charge in [-0.1, -0.05) is 56.1 Å². The molecular weight excluding hydrogens is 370 g/mol. The molecule has 0 aliphatic carbocycles. The third-order valence-corrected chi connectivity index (χ3v) is 4.07. The smallest absolute Gasteiger partial charge is 0.125 e. The molecule has 0 spiro atoms. The zero-order chi connectivity index (χ0) is 13.8. The first-order valence-electron chi connectivity index (χ1n) is 5.99. The highest BCUT2D eigenvalue weighted by atomic mass is 79.9. The number of ether oxygens (including phenoxy) is 1. The van der Waals surface area contributed by atoms with Crippen molar-refractivity contribution in [3.63, 3.8) is 0 Å². The maximum absolute atomic E-state index is 5.96. The fraction of sp³-hybridized carbons (Fsp3) is 0.200. The van der Waals surface area contributed by atoms with Crippen LogP contribution in [0.15, 0.2) is 51.4 Å². The van der Waals surface area contributed by atoms with Crippen LogP contribution >= 0.6 is 31.9 Å². The van der Waals surface area contributed by atoms with Crippen molar-refractivity contribution < 1.29 is 4.74 Å². The first-order chi connectivity index (χ1) is 9.08. The number of hydrogen-bond donors (Lipinski definition) is 1. The molecule has 0 radical (unpaired) electrons. The number of nitrogens with two attached hydrogens (primary N) is 1.